The van der Waals surface area contributed by atoms with Crippen LogP contribution in [-0.4, -0.2) is 23.9 Å². The number of para-hydroxylation sites is 1. The first-order valence-electron chi connectivity index (χ1n) is 9.09. The Kier molecular flexibility index (Phi) is 5.38. The predicted octanol–water partition coefficient (Wildman–Crippen LogP) is 3.29. The van der Waals surface area contributed by atoms with Crippen molar-refractivity contribution in [3.8, 4) is 17.1 Å². The SMILES string of the molecule is Cc1ccc(OCC(=O)N/N=C/c2coc3ccccc3c2=O)c(-c2ccno2)c1. The van der Waals surface area contributed by atoms with Gasteiger partial charge in [-0.3, -0.25) is 9.59 Å². The maximum absolute atomic E-state index is 12.4. The monoisotopic (exact) mass is 403 g/mol. The molecule has 0 spiro atoms. The zero-order chi connectivity index (χ0) is 20.9. The van der Waals surface area contributed by atoms with Crippen LogP contribution in [-0.2, 0) is 4.79 Å². The van der Waals surface area contributed by atoms with E-state index in [1.165, 1.54) is 18.7 Å². The lowest BCUT2D eigenvalue weighted by Crippen LogP contribution is -2.25. The molecule has 0 aliphatic heterocycles. The Morgan fingerprint density at radius 1 is 1.23 bits per heavy atom. The van der Waals surface area contributed by atoms with Crippen molar-refractivity contribution in [2.45, 2.75) is 6.92 Å². The number of aryl methyl sites for hydroxylation is 1. The fraction of sp³-hybridized carbons (Fsp3) is 0.0909. The predicted molar refractivity (Wildman–Crippen MR) is 110 cm³/mol. The van der Waals surface area contributed by atoms with Crippen molar-refractivity contribution in [3.63, 3.8) is 0 Å². The Balaban J connectivity index is 1.41. The van der Waals surface area contributed by atoms with Crippen molar-refractivity contribution in [3.05, 3.63) is 82.3 Å². The van der Waals surface area contributed by atoms with Gasteiger partial charge in [-0.15, -0.1) is 0 Å². The highest BCUT2D eigenvalue weighted by atomic mass is 16.5. The molecule has 1 amide bonds. The molecule has 1 N–H and O–H groups in total. The van der Waals surface area contributed by atoms with E-state index in [1.54, 1.807) is 36.4 Å². The number of nitrogens with one attached hydrogen (secondary N) is 1. The standard InChI is InChI=1S/C22H17N3O5/c1-14-6-7-19(17(10-14)20-8-9-24-30-20)29-13-21(26)25-23-11-15-12-28-18-5-3-2-4-16(18)22(15)27/h2-12H,13H2,1H3,(H,25,26)/b23-11+. The van der Waals surface area contributed by atoms with Crippen LogP contribution in [0.1, 0.15) is 11.1 Å². The number of hydrazone groups is 1. The van der Waals surface area contributed by atoms with Gasteiger partial charge in [-0.05, 0) is 31.2 Å². The minimum Gasteiger partial charge on any atom is -0.483 e. The third-order valence-corrected chi connectivity index (χ3v) is 4.30. The topological polar surface area (TPSA) is 107 Å². The van der Waals surface area contributed by atoms with E-state index in [0.29, 0.717) is 28.0 Å². The number of nitrogens with zero attached hydrogens (tertiary/aromatic N) is 2. The van der Waals surface area contributed by atoms with E-state index in [0.717, 1.165) is 5.56 Å². The summed E-state index contributed by atoms with van der Waals surface area (Å²) >= 11 is 0. The molecular weight excluding hydrogens is 386 g/mol. The number of hydrogen-bond acceptors (Lipinski definition) is 7. The minimum absolute atomic E-state index is 0.223. The van der Waals surface area contributed by atoms with Gasteiger partial charge in [0.2, 0.25) is 5.43 Å². The number of carbonyl (C=O) groups excluding carboxylic acids is 1. The highest BCUT2D eigenvalue weighted by Crippen LogP contribution is 2.30. The van der Waals surface area contributed by atoms with Crippen molar-refractivity contribution in [1.82, 2.24) is 10.6 Å². The van der Waals surface area contributed by atoms with Gasteiger partial charge in [0.15, 0.2) is 12.4 Å². The summed E-state index contributed by atoms with van der Waals surface area (Å²) in [5.41, 5.74) is 4.51. The van der Waals surface area contributed by atoms with E-state index in [2.05, 4.69) is 15.7 Å². The number of ether oxygens (including phenoxy) is 1. The van der Waals surface area contributed by atoms with Gasteiger partial charge in [0.05, 0.1) is 28.9 Å². The summed E-state index contributed by atoms with van der Waals surface area (Å²) in [6.07, 6.45) is 4.07. The number of hydrogen-bond donors (Lipinski definition) is 1. The lowest BCUT2D eigenvalue weighted by molar-refractivity contribution is -0.123. The zero-order valence-corrected chi connectivity index (χ0v) is 16.0. The molecule has 150 valence electrons. The number of aromatic nitrogens is 1. The molecule has 2 aromatic heterocycles. The lowest BCUT2D eigenvalue weighted by atomic mass is 10.1. The van der Waals surface area contributed by atoms with E-state index >= 15 is 0 Å². The van der Waals surface area contributed by atoms with Crippen molar-refractivity contribution < 1.29 is 18.5 Å². The molecule has 30 heavy (non-hydrogen) atoms. The van der Waals surface area contributed by atoms with E-state index < -0.39 is 5.91 Å². The molecule has 0 bridgehead atoms. The summed E-state index contributed by atoms with van der Waals surface area (Å²) in [5.74, 6) is 0.530. The molecule has 0 radical (unpaired) electrons. The maximum Gasteiger partial charge on any atom is 0.277 e. The van der Waals surface area contributed by atoms with Gasteiger partial charge in [0.1, 0.15) is 17.6 Å². The Morgan fingerprint density at radius 2 is 2.10 bits per heavy atom. The van der Waals surface area contributed by atoms with Gasteiger partial charge in [0, 0.05) is 6.07 Å². The van der Waals surface area contributed by atoms with Crippen LogP contribution in [0.15, 0.2) is 79.8 Å². The van der Waals surface area contributed by atoms with Crippen LogP contribution in [0.5, 0.6) is 5.75 Å². The summed E-state index contributed by atoms with van der Waals surface area (Å²) < 4.78 is 16.2. The van der Waals surface area contributed by atoms with Crippen LogP contribution in [0.25, 0.3) is 22.3 Å². The van der Waals surface area contributed by atoms with Crippen molar-refractivity contribution in [2.75, 3.05) is 6.61 Å². The molecule has 2 heterocycles. The van der Waals surface area contributed by atoms with Gasteiger partial charge in [-0.2, -0.15) is 5.10 Å². The van der Waals surface area contributed by atoms with E-state index in [4.69, 9.17) is 13.7 Å². The third kappa shape index (κ3) is 4.12. The van der Waals surface area contributed by atoms with Crippen LogP contribution in [0.2, 0.25) is 0 Å². The average molecular weight is 403 g/mol. The maximum atomic E-state index is 12.4. The smallest absolute Gasteiger partial charge is 0.277 e. The normalized spacial score (nSPS) is 11.1. The molecule has 0 atom stereocenters. The average Bonchev–Trinajstić information content (AvgIpc) is 3.29. The largest absolute Gasteiger partial charge is 0.483 e. The van der Waals surface area contributed by atoms with Crippen molar-refractivity contribution in [1.29, 1.82) is 0 Å². The molecule has 8 nitrogen and oxygen atoms in total. The summed E-state index contributed by atoms with van der Waals surface area (Å²) in [6.45, 7) is 1.67. The zero-order valence-electron chi connectivity index (χ0n) is 16.0. The number of rotatable bonds is 6. The first kappa shape index (κ1) is 19.1. The van der Waals surface area contributed by atoms with Crippen molar-refractivity contribution >= 4 is 23.1 Å². The van der Waals surface area contributed by atoms with Crippen molar-refractivity contribution in [2.24, 2.45) is 5.10 Å². The second-order valence-electron chi connectivity index (χ2n) is 6.47. The number of fused-ring (bicyclic) bond motifs is 1. The molecular formula is C22H17N3O5. The van der Waals surface area contributed by atoms with Crippen LogP contribution in [0.4, 0.5) is 0 Å². The fourth-order valence-electron chi connectivity index (χ4n) is 2.85. The summed E-state index contributed by atoms with van der Waals surface area (Å²) in [5, 5.41) is 7.95. The first-order valence-corrected chi connectivity index (χ1v) is 9.09. The van der Waals surface area contributed by atoms with E-state index in [9.17, 15) is 9.59 Å². The highest BCUT2D eigenvalue weighted by Gasteiger charge is 2.12. The van der Waals surface area contributed by atoms with Gasteiger partial charge in [-0.25, -0.2) is 5.43 Å². The van der Waals surface area contributed by atoms with Gasteiger partial charge in [0.25, 0.3) is 5.91 Å². The second kappa shape index (κ2) is 8.44. The lowest BCUT2D eigenvalue weighted by Gasteiger charge is -2.09. The van der Waals surface area contributed by atoms with Gasteiger partial charge in [-0.1, -0.05) is 28.9 Å². The molecule has 0 unspecified atom stereocenters. The molecule has 2 aromatic carbocycles. The van der Waals surface area contributed by atoms with Crippen LogP contribution in [0, 0.1) is 6.92 Å². The molecule has 0 fully saturated rings. The summed E-state index contributed by atoms with van der Waals surface area (Å²) in [6, 6.07) is 14.1. The minimum atomic E-state index is -0.486. The second-order valence-corrected chi connectivity index (χ2v) is 6.47. The molecule has 0 aliphatic carbocycles. The van der Waals surface area contributed by atoms with Crippen LogP contribution < -0.4 is 15.6 Å². The van der Waals surface area contributed by atoms with Crippen LogP contribution >= 0.6 is 0 Å². The van der Waals surface area contributed by atoms with Gasteiger partial charge >= 0.3 is 0 Å². The number of benzene rings is 2. The number of amides is 1. The molecule has 0 saturated carbocycles. The molecule has 4 aromatic rings. The molecule has 4 rings (SSSR count). The Bertz CT molecular complexity index is 1280. The highest BCUT2D eigenvalue weighted by molar-refractivity contribution is 5.87. The van der Waals surface area contributed by atoms with E-state index in [-0.39, 0.29) is 17.6 Å². The Morgan fingerprint density at radius 3 is 2.93 bits per heavy atom. The quantitative estimate of drug-likeness (QED) is 0.391. The third-order valence-electron chi connectivity index (χ3n) is 4.30. The summed E-state index contributed by atoms with van der Waals surface area (Å²) in [4.78, 5) is 24.5. The first-order chi connectivity index (χ1) is 14.6. The molecule has 0 saturated heterocycles. The van der Waals surface area contributed by atoms with Gasteiger partial charge < -0.3 is 13.7 Å². The summed E-state index contributed by atoms with van der Waals surface area (Å²) in [7, 11) is 0. The van der Waals surface area contributed by atoms with E-state index in [1.807, 2.05) is 19.1 Å². The number of carbonyl (C=O) groups is 1. The van der Waals surface area contributed by atoms with Crippen LogP contribution in [0.3, 0.4) is 0 Å². The Hall–Kier alpha value is -4.20. The Labute approximate surface area is 170 Å². The molecule has 8 heteroatoms. The fourth-order valence-corrected chi connectivity index (χ4v) is 2.85. The molecule has 0 aliphatic rings.